The van der Waals surface area contributed by atoms with Gasteiger partial charge in [0.1, 0.15) is 0 Å². The molecule has 11 heavy (non-hydrogen) atoms. The lowest BCUT2D eigenvalue weighted by Gasteiger charge is -2.28. The molecule has 1 heterocycles. The Hall–Kier alpha value is 0.150. The summed E-state index contributed by atoms with van der Waals surface area (Å²) in [4.78, 5) is 0. The van der Waals surface area contributed by atoms with Gasteiger partial charge >= 0.3 is 0 Å². The van der Waals surface area contributed by atoms with E-state index in [9.17, 15) is 4.21 Å². The summed E-state index contributed by atoms with van der Waals surface area (Å²) in [5.74, 6) is 2.37. The number of hydrogen-bond donors (Lipinski definition) is 0. The molecule has 2 unspecified atom stereocenters. The van der Waals surface area contributed by atoms with Gasteiger partial charge in [0.05, 0.1) is 0 Å². The molecule has 0 aromatic heterocycles. The van der Waals surface area contributed by atoms with Crippen LogP contribution in [0, 0.1) is 11.8 Å². The van der Waals surface area contributed by atoms with E-state index in [1.54, 1.807) is 0 Å². The highest BCUT2D eigenvalue weighted by atomic mass is 32.2. The highest BCUT2D eigenvalue weighted by molar-refractivity contribution is 7.85. The monoisotopic (exact) mass is 174 g/mol. The van der Waals surface area contributed by atoms with Crippen molar-refractivity contribution < 1.29 is 4.21 Å². The lowest BCUT2D eigenvalue weighted by Crippen LogP contribution is -2.29. The lowest BCUT2D eigenvalue weighted by molar-refractivity contribution is 0.372. The molecule has 0 aliphatic carbocycles. The van der Waals surface area contributed by atoms with Crippen molar-refractivity contribution in [3.05, 3.63) is 0 Å². The van der Waals surface area contributed by atoms with Crippen LogP contribution >= 0.6 is 0 Å². The molecule has 0 aromatic carbocycles. The highest BCUT2D eigenvalue weighted by Crippen LogP contribution is 2.26. The zero-order valence-electron chi connectivity index (χ0n) is 7.67. The maximum atomic E-state index is 11.4. The number of rotatable bonds is 1. The van der Waals surface area contributed by atoms with Gasteiger partial charge in [-0.2, -0.15) is 0 Å². The average molecular weight is 174 g/mol. The Morgan fingerprint density at radius 3 is 2.45 bits per heavy atom. The summed E-state index contributed by atoms with van der Waals surface area (Å²) in [6.07, 6.45) is 2.44. The quantitative estimate of drug-likeness (QED) is 0.595. The van der Waals surface area contributed by atoms with Crippen LogP contribution < -0.4 is 0 Å². The second-order valence-electron chi connectivity index (χ2n) is 3.94. The second-order valence-corrected chi connectivity index (χ2v) is 5.84. The molecular formula is C9H18OS. The molecule has 1 fully saturated rings. The molecule has 0 amide bonds. The van der Waals surface area contributed by atoms with Crippen molar-refractivity contribution >= 4 is 10.8 Å². The number of hydrogen-bond acceptors (Lipinski definition) is 1. The van der Waals surface area contributed by atoms with E-state index in [1.165, 1.54) is 6.42 Å². The van der Waals surface area contributed by atoms with Crippen molar-refractivity contribution in [2.24, 2.45) is 11.8 Å². The minimum absolute atomic E-state index is 0.449. The Balaban J connectivity index is 2.46. The summed E-state index contributed by atoms with van der Waals surface area (Å²) >= 11 is 0. The van der Waals surface area contributed by atoms with Crippen LogP contribution in [0.15, 0.2) is 0 Å². The largest absolute Gasteiger partial charge is 0.259 e. The van der Waals surface area contributed by atoms with E-state index in [2.05, 4.69) is 20.8 Å². The van der Waals surface area contributed by atoms with Crippen LogP contribution in [0.2, 0.25) is 0 Å². The van der Waals surface area contributed by atoms with Crippen molar-refractivity contribution in [2.45, 2.75) is 38.9 Å². The second kappa shape index (κ2) is 3.70. The Bertz CT molecular complexity index is 154. The van der Waals surface area contributed by atoms with Crippen molar-refractivity contribution in [3.63, 3.8) is 0 Å². The molecule has 0 radical (unpaired) electrons. The fraction of sp³-hybridized carbons (Fsp3) is 1.00. The Kier molecular flexibility index (Phi) is 3.11. The van der Waals surface area contributed by atoms with Gasteiger partial charge in [-0.15, -0.1) is 0 Å². The fourth-order valence-electron chi connectivity index (χ4n) is 1.56. The zero-order valence-corrected chi connectivity index (χ0v) is 8.49. The van der Waals surface area contributed by atoms with Crippen molar-refractivity contribution in [2.75, 3.05) is 5.75 Å². The van der Waals surface area contributed by atoms with Crippen LogP contribution in [0.5, 0.6) is 0 Å². The molecule has 0 N–H and O–H groups in total. The standard InChI is InChI=1S/C9H18OS/c1-7(2)9-5-4-8(3)11(10)6-9/h7-9H,4-6H2,1-3H3/t8-,9?,11?/m1/s1. The summed E-state index contributed by atoms with van der Waals surface area (Å²) in [6.45, 7) is 6.57. The predicted octanol–water partition coefficient (Wildman–Crippen LogP) is 2.19. The molecule has 0 aromatic rings. The third-order valence-corrected chi connectivity index (χ3v) is 4.60. The predicted molar refractivity (Wildman–Crippen MR) is 50.0 cm³/mol. The highest BCUT2D eigenvalue weighted by Gasteiger charge is 2.25. The van der Waals surface area contributed by atoms with Crippen LogP contribution in [0.1, 0.15) is 33.6 Å². The molecule has 1 rings (SSSR count). The van der Waals surface area contributed by atoms with E-state index in [-0.39, 0.29) is 0 Å². The first-order valence-corrected chi connectivity index (χ1v) is 5.86. The van der Waals surface area contributed by atoms with Gasteiger partial charge in [-0.05, 0) is 24.7 Å². The lowest BCUT2D eigenvalue weighted by atomic mass is 9.92. The molecule has 0 saturated carbocycles. The van der Waals surface area contributed by atoms with Gasteiger partial charge in [0.15, 0.2) is 0 Å². The van der Waals surface area contributed by atoms with E-state index in [1.807, 2.05) is 0 Å². The van der Waals surface area contributed by atoms with Gasteiger partial charge in [-0.25, -0.2) is 0 Å². The fourth-order valence-corrected chi connectivity index (χ4v) is 3.27. The first kappa shape index (κ1) is 9.24. The van der Waals surface area contributed by atoms with Crippen molar-refractivity contribution in [1.82, 2.24) is 0 Å². The van der Waals surface area contributed by atoms with Gasteiger partial charge in [0.25, 0.3) is 0 Å². The van der Waals surface area contributed by atoms with Gasteiger partial charge in [-0.3, -0.25) is 4.21 Å². The van der Waals surface area contributed by atoms with E-state index < -0.39 is 10.8 Å². The van der Waals surface area contributed by atoms with E-state index >= 15 is 0 Å². The summed E-state index contributed by atoms with van der Waals surface area (Å²) in [5.41, 5.74) is 0. The SMILES string of the molecule is CC(C)C1CC[C@@H](C)S(=O)C1. The van der Waals surface area contributed by atoms with Crippen LogP contribution in [0.3, 0.4) is 0 Å². The van der Waals surface area contributed by atoms with E-state index in [0.717, 1.165) is 12.2 Å². The smallest absolute Gasteiger partial charge is 0.0320 e. The topological polar surface area (TPSA) is 17.1 Å². The molecule has 1 aliphatic heterocycles. The van der Waals surface area contributed by atoms with Gasteiger partial charge in [-0.1, -0.05) is 20.8 Å². The Morgan fingerprint density at radius 2 is 2.00 bits per heavy atom. The summed E-state index contributed by atoms with van der Waals surface area (Å²) in [6, 6.07) is 0. The van der Waals surface area contributed by atoms with Crippen LogP contribution in [-0.2, 0) is 10.8 Å². The summed E-state index contributed by atoms with van der Waals surface area (Å²) < 4.78 is 11.4. The molecule has 2 heteroatoms. The molecule has 3 atom stereocenters. The van der Waals surface area contributed by atoms with Crippen molar-refractivity contribution in [3.8, 4) is 0 Å². The third-order valence-electron chi connectivity index (χ3n) is 2.71. The zero-order chi connectivity index (χ0) is 8.43. The first-order chi connectivity index (χ1) is 5.11. The van der Waals surface area contributed by atoms with Crippen molar-refractivity contribution in [1.29, 1.82) is 0 Å². The molecule has 1 aliphatic rings. The molecule has 1 saturated heterocycles. The molecular weight excluding hydrogens is 156 g/mol. The maximum Gasteiger partial charge on any atom is 0.0320 e. The van der Waals surface area contributed by atoms with Gasteiger partial charge < -0.3 is 0 Å². The first-order valence-electron chi connectivity index (χ1n) is 4.48. The minimum atomic E-state index is -0.536. The summed E-state index contributed by atoms with van der Waals surface area (Å²) in [5, 5.41) is 0.449. The van der Waals surface area contributed by atoms with Crippen LogP contribution in [0.4, 0.5) is 0 Å². The summed E-state index contributed by atoms with van der Waals surface area (Å²) in [7, 11) is -0.536. The van der Waals surface area contributed by atoms with E-state index in [4.69, 9.17) is 0 Å². The maximum absolute atomic E-state index is 11.4. The van der Waals surface area contributed by atoms with Crippen LogP contribution in [0.25, 0.3) is 0 Å². The van der Waals surface area contributed by atoms with E-state index in [0.29, 0.717) is 17.1 Å². The van der Waals surface area contributed by atoms with Gasteiger partial charge in [0.2, 0.25) is 0 Å². The Labute approximate surface area is 72.0 Å². The molecule has 0 spiro atoms. The molecule has 0 bridgehead atoms. The van der Waals surface area contributed by atoms with Gasteiger partial charge in [0, 0.05) is 21.8 Å². The molecule has 1 nitrogen and oxygen atoms in total. The van der Waals surface area contributed by atoms with Crippen LogP contribution in [-0.4, -0.2) is 15.2 Å². The molecule has 66 valence electrons. The Morgan fingerprint density at radius 1 is 1.36 bits per heavy atom. The minimum Gasteiger partial charge on any atom is -0.259 e. The normalized spacial score (nSPS) is 39.5. The average Bonchev–Trinajstić information content (AvgIpc) is 1.94. The third kappa shape index (κ3) is 2.29.